The van der Waals surface area contributed by atoms with Crippen LogP contribution in [0.3, 0.4) is 0 Å². The lowest BCUT2D eigenvalue weighted by Gasteiger charge is -2.18. The Morgan fingerprint density at radius 3 is 2.58 bits per heavy atom. The Morgan fingerprint density at radius 2 is 1.94 bits per heavy atom. The van der Waals surface area contributed by atoms with Crippen molar-refractivity contribution in [1.29, 1.82) is 0 Å². The number of aromatic nitrogens is 4. The summed E-state index contributed by atoms with van der Waals surface area (Å²) in [4.78, 5) is 14.8. The van der Waals surface area contributed by atoms with Crippen molar-refractivity contribution in [3.63, 3.8) is 0 Å². The number of hydrogen-bond acceptors (Lipinski definition) is 7. The first kappa shape index (κ1) is 20.0. The summed E-state index contributed by atoms with van der Waals surface area (Å²) in [6.07, 6.45) is 2.14. The van der Waals surface area contributed by atoms with E-state index in [2.05, 4.69) is 15.4 Å². The van der Waals surface area contributed by atoms with Gasteiger partial charge in [-0.3, -0.25) is 4.90 Å². The molecule has 1 saturated heterocycles. The average molecular weight is 451 g/mol. The molecule has 2 aliphatic heterocycles. The number of ether oxygens (including phenoxy) is 1. The minimum atomic E-state index is -3.22. The van der Waals surface area contributed by atoms with Crippen molar-refractivity contribution >= 4 is 27.2 Å². The number of cyclic esters (lactones) is 1. The average Bonchev–Trinajstić information content (AvgIpc) is 3.34. The molecule has 3 heterocycles. The number of benzene rings is 1. The molecule has 164 valence electrons. The highest BCUT2D eigenvalue weighted by atomic mass is 32.2. The highest BCUT2D eigenvalue weighted by molar-refractivity contribution is 7.91. The van der Waals surface area contributed by atoms with Gasteiger partial charge in [-0.15, -0.1) is 10.2 Å². The van der Waals surface area contributed by atoms with Gasteiger partial charge in [0.15, 0.2) is 15.7 Å². The standard InChI is InChI=1S/C19H19F2N5O4S/c20-15-7-13(8-16(21)17(15)11-3-5-31(28,29)6-4-11)25-9-14(30-19(25)27)10-26-23-18(22-24-26)12-1-2-12/h3,7-8,12,14H,1-2,4-6,9-10H2/t14-/m1/s1. The molecular weight excluding hydrogens is 432 g/mol. The van der Waals surface area contributed by atoms with Crippen LogP contribution in [0.5, 0.6) is 0 Å². The lowest BCUT2D eigenvalue weighted by Crippen LogP contribution is -2.27. The maximum absolute atomic E-state index is 14.8. The van der Waals surface area contributed by atoms with Gasteiger partial charge in [-0.05, 0) is 42.2 Å². The van der Waals surface area contributed by atoms with Gasteiger partial charge in [0.2, 0.25) is 0 Å². The number of anilines is 1. The fourth-order valence-corrected chi connectivity index (χ4v) is 4.93. The Morgan fingerprint density at radius 1 is 1.19 bits per heavy atom. The number of allylic oxidation sites excluding steroid dienone is 1. The molecule has 1 amide bonds. The smallest absolute Gasteiger partial charge is 0.414 e. The molecule has 1 saturated carbocycles. The zero-order valence-electron chi connectivity index (χ0n) is 16.4. The van der Waals surface area contributed by atoms with E-state index in [1.807, 2.05) is 0 Å². The third-order valence-electron chi connectivity index (χ3n) is 5.58. The van der Waals surface area contributed by atoms with Crippen molar-refractivity contribution in [3.8, 4) is 0 Å². The molecule has 5 rings (SSSR count). The Bertz CT molecular complexity index is 1170. The van der Waals surface area contributed by atoms with Gasteiger partial charge in [-0.25, -0.2) is 22.0 Å². The minimum absolute atomic E-state index is 0.0282. The summed E-state index contributed by atoms with van der Waals surface area (Å²) < 4.78 is 57.9. The largest absolute Gasteiger partial charge is 0.442 e. The lowest BCUT2D eigenvalue weighted by atomic mass is 10.0. The second kappa shape index (κ2) is 7.36. The molecule has 0 unspecified atom stereocenters. The van der Waals surface area contributed by atoms with Crippen molar-refractivity contribution in [1.82, 2.24) is 20.2 Å². The Kier molecular flexibility index (Phi) is 4.76. The number of sulfone groups is 1. The van der Waals surface area contributed by atoms with E-state index in [0.29, 0.717) is 17.3 Å². The number of hydrogen-bond donors (Lipinski definition) is 0. The summed E-state index contributed by atoms with van der Waals surface area (Å²) in [7, 11) is -3.22. The van der Waals surface area contributed by atoms with E-state index < -0.39 is 33.7 Å². The van der Waals surface area contributed by atoms with Gasteiger partial charge >= 0.3 is 6.09 Å². The number of halogens is 2. The second-order valence-electron chi connectivity index (χ2n) is 7.97. The number of nitrogens with zero attached hydrogens (tertiary/aromatic N) is 5. The van der Waals surface area contributed by atoms with Crippen LogP contribution in [0.2, 0.25) is 0 Å². The molecule has 12 heteroatoms. The molecule has 0 spiro atoms. The predicted octanol–water partition coefficient (Wildman–Crippen LogP) is 2.06. The summed E-state index contributed by atoms with van der Waals surface area (Å²) in [6, 6.07) is 2.12. The zero-order chi connectivity index (χ0) is 21.8. The number of rotatable bonds is 5. The second-order valence-corrected chi connectivity index (χ2v) is 10.2. The van der Waals surface area contributed by atoms with E-state index in [-0.39, 0.29) is 42.3 Å². The fraction of sp³-hybridized carbons (Fsp3) is 0.474. The van der Waals surface area contributed by atoms with Crippen LogP contribution >= 0.6 is 0 Å². The normalized spacial score (nSPS) is 23.0. The van der Waals surface area contributed by atoms with Crippen molar-refractivity contribution in [2.24, 2.45) is 0 Å². The molecule has 0 N–H and O–H groups in total. The first-order chi connectivity index (χ1) is 14.8. The Hall–Kier alpha value is -2.89. The van der Waals surface area contributed by atoms with Crippen LogP contribution in [0.15, 0.2) is 18.2 Å². The number of carbonyl (C=O) groups excluding carboxylic acids is 1. The number of amides is 1. The topological polar surface area (TPSA) is 107 Å². The van der Waals surface area contributed by atoms with Crippen molar-refractivity contribution in [2.45, 2.75) is 37.8 Å². The molecule has 1 aliphatic carbocycles. The first-order valence-electron chi connectivity index (χ1n) is 9.94. The van der Waals surface area contributed by atoms with Crippen molar-refractivity contribution in [3.05, 3.63) is 41.2 Å². The molecule has 0 radical (unpaired) electrons. The SMILES string of the molecule is O=C1O[C@@H](Cn2nnc(C3CC3)n2)CN1c1cc(F)c(C2=CCS(=O)(=O)CC2)c(F)c1. The van der Waals surface area contributed by atoms with E-state index in [0.717, 1.165) is 29.9 Å². The van der Waals surface area contributed by atoms with Crippen LogP contribution in [0.1, 0.15) is 36.6 Å². The van der Waals surface area contributed by atoms with Crippen LogP contribution in [0.25, 0.3) is 5.57 Å². The van der Waals surface area contributed by atoms with Gasteiger partial charge in [0.05, 0.1) is 23.7 Å². The van der Waals surface area contributed by atoms with Crippen LogP contribution < -0.4 is 4.90 Å². The van der Waals surface area contributed by atoms with Crippen LogP contribution in [-0.2, 0) is 21.1 Å². The highest BCUT2D eigenvalue weighted by Crippen LogP contribution is 2.37. The minimum Gasteiger partial charge on any atom is -0.442 e. The molecule has 2 fully saturated rings. The van der Waals surface area contributed by atoms with E-state index in [9.17, 15) is 22.0 Å². The monoisotopic (exact) mass is 451 g/mol. The summed E-state index contributed by atoms with van der Waals surface area (Å²) in [5, 5.41) is 12.2. The highest BCUT2D eigenvalue weighted by Gasteiger charge is 2.35. The van der Waals surface area contributed by atoms with Gasteiger partial charge in [0, 0.05) is 11.5 Å². The van der Waals surface area contributed by atoms with E-state index in [1.165, 1.54) is 10.9 Å². The quantitative estimate of drug-likeness (QED) is 0.685. The van der Waals surface area contributed by atoms with E-state index in [1.54, 1.807) is 0 Å². The Balaban J connectivity index is 1.32. The molecule has 2 aromatic rings. The number of carbonyl (C=O) groups is 1. The molecule has 1 aromatic heterocycles. The first-order valence-corrected chi connectivity index (χ1v) is 11.8. The molecule has 3 aliphatic rings. The lowest BCUT2D eigenvalue weighted by molar-refractivity contribution is 0.126. The van der Waals surface area contributed by atoms with E-state index in [4.69, 9.17) is 4.74 Å². The molecule has 1 atom stereocenters. The van der Waals surface area contributed by atoms with Crippen molar-refractivity contribution < 1.29 is 26.7 Å². The molecule has 31 heavy (non-hydrogen) atoms. The third-order valence-corrected chi connectivity index (χ3v) is 7.08. The van der Waals surface area contributed by atoms with Gasteiger partial charge < -0.3 is 4.74 Å². The van der Waals surface area contributed by atoms with Gasteiger partial charge in [-0.1, -0.05) is 6.08 Å². The van der Waals surface area contributed by atoms with Crippen LogP contribution in [0.4, 0.5) is 19.3 Å². The maximum atomic E-state index is 14.8. The molecular formula is C19H19F2N5O4S. The summed E-state index contributed by atoms with van der Waals surface area (Å²) in [6.45, 7) is 0.269. The van der Waals surface area contributed by atoms with Crippen LogP contribution in [-0.4, -0.2) is 58.9 Å². The Labute approximate surface area is 176 Å². The summed E-state index contributed by atoms with van der Waals surface area (Å²) >= 11 is 0. The van der Waals surface area contributed by atoms with E-state index >= 15 is 0 Å². The zero-order valence-corrected chi connectivity index (χ0v) is 17.2. The van der Waals surface area contributed by atoms with Gasteiger partial charge in [0.25, 0.3) is 0 Å². The fourth-order valence-electron chi connectivity index (χ4n) is 3.78. The summed E-state index contributed by atoms with van der Waals surface area (Å²) in [5.74, 6) is -1.10. The van der Waals surface area contributed by atoms with Crippen molar-refractivity contribution in [2.75, 3.05) is 23.0 Å². The molecule has 9 nitrogen and oxygen atoms in total. The van der Waals surface area contributed by atoms with Gasteiger partial charge in [0.1, 0.15) is 24.3 Å². The van der Waals surface area contributed by atoms with Gasteiger partial charge in [-0.2, -0.15) is 4.80 Å². The van der Waals surface area contributed by atoms with Crippen LogP contribution in [0, 0.1) is 11.6 Å². The molecule has 0 bridgehead atoms. The molecule has 1 aromatic carbocycles. The summed E-state index contributed by atoms with van der Waals surface area (Å²) in [5.41, 5.74) is 0.0738. The third kappa shape index (κ3) is 4.03. The number of tetrazole rings is 1. The maximum Gasteiger partial charge on any atom is 0.414 e. The predicted molar refractivity (Wildman–Crippen MR) is 105 cm³/mol.